The zero-order valence-electron chi connectivity index (χ0n) is 19.9. The van der Waals surface area contributed by atoms with Gasteiger partial charge in [-0.15, -0.1) is 0 Å². The summed E-state index contributed by atoms with van der Waals surface area (Å²) in [6.45, 7) is 7.40. The van der Waals surface area contributed by atoms with Gasteiger partial charge in [0.05, 0.1) is 25.3 Å². The van der Waals surface area contributed by atoms with Crippen molar-refractivity contribution in [2.75, 3.05) is 19.8 Å². The Bertz CT molecular complexity index is 1280. The molecule has 3 aliphatic rings. The van der Waals surface area contributed by atoms with E-state index in [1.165, 1.54) is 33.4 Å². The van der Waals surface area contributed by atoms with Gasteiger partial charge in [0, 0.05) is 5.92 Å². The molecule has 4 heteroatoms. The van der Waals surface area contributed by atoms with Crippen LogP contribution in [-0.4, -0.2) is 42.9 Å². The lowest BCUT2D eigenvalue weighted by Gasteiger charge is -2.44. The van der Waals surface area contributed by atoms with Crippen LogP contribution in [0.1, 0.15) is 41.5 Å². The molecule has 2 atom stereocenters. The van der Waals surface area contributed by atoms with Crippen molar-refractivity contribution in [2.24, 2.45) is 0 Å². The Morgan fingerprint density at radius 2 is 1.63 bits per heavy atom. The SMILES string of the molecule is C=C(C)c1ccc(C2=CC3COCC(C2)N3C(=O)OCC2c3ccccc3-c3ccccc32)cc1. The molecule has 2 heterocycles. The van der Waals surface area contributed by atoms with Crippen molar-refractivity contribution in [3.8, 4) is 11.1 Å². The van der Waals surface area contributed by atoms with E-state index in [0.29, 0.717) is 19.8 Å². The zero-order valence-corrected chi connectivity index (χ0v) is 19.9. The second-order valence-corrected chi connectivity index (χ2v) is 9.72. The molecule has 0 N–H and O–H groups in total. The van der Waals surface area contributed by atoms with Crippen LogP contribution in [0.5, 0.6) is 0 Å². The highest BCUT2D eigenvalue weighted by atomic mass is 16.6. The van der Waals surface area contributed by atoms with Gasteiger partial charge in [-0.3, -0.25) is 4.90 Å². The highest BCUT2D eigenvalue weighted by Gasteiger charge is 2.39. The molecule has 6 rings (SSSR count). The normalized spacial score (nSPS) is 20.6. The number of carbonyl (C=O) groups excluding carboxylic acids is 1. The second-order valence-electron chi connectivity index (χ2n) is 9.72. The van der Waals surface area contributed by atoms with Crippen molar-refractivity contribution < 1.29 is 14.3 Å². The lowest BCUT2D eigenvalue weighted by atomic mass is 9.89. The molecule has 0 aromatic heterocycles. The number of benzene rings is 3. The Morgan fingerprint density at radius 3 is 2.26 bits per heavy atom. The van der Waals surface area contributed by atoms with Gasteiger partial charge in [-0.25, -0.2) is 4.79 Å². The largest absolute Gasteiger partial charge is 0.448 e. The van der Waals surface area contributed by atoms with E-state index >= 15 is 0 Å². The minimum atomic E-state index is -0.252. The van der Waals surface area contributed by atoms with Gasteiger partial charge in [-0.2, -0.15) is 0 Å². The van der Waals surface area contributed by atoms with Crippen LogP contribution in [0.3, 0.4) is 0 Å². The van der Waals surface area contributed by atoms with Gasteiger partial charge >= 0.3 is 6.09 Å². The van der Waals surface area contributed by atoms with Crippen LogP contribution in [0.15, 0.2) is 85.5 Å². The van der Waals surface area contributed by atoms with Crippen molar-refractivity contribution in [1.82, 2.24) is 4.90 Å². The average Bonchev–Trinajstić information content (AvgIpc) is 3.20. The predicted molar refractivity (Wildman–Crippen MR) is 139 cm³/mol. The number of hydrogen-bond acceptors (Lipinski definition) is 3. The van der Waals surface area contributed by atoms with E-state index in [1.807, 2.05) is 11.8 Å². The topological polar surface area (TPSA) is 38.8 Å². The maximum absolute atomic E-state index is 13.4. The predicted octanol–water partition coefficient (Wildman–Crippen LogP) is 6.53. The van der Waals surface area contributed by atoms with E-state index in [-0.39, 0.29) is 24.1 Å². The zero-order chi connectivity index (χ0) is 23.9. The summed E-state index contributed by atoms with van der Waals surface area (Å²) in [6, 6.07) is 25.2. The Hall–Kier alpha value is -3.63. The average molecular weight is 464 g/mol. The van der Waals surface area contributed by atoms with Crippen LogP contribution in [-0.2, 0) is 9.47 Å². The quantitative estimate of drug-likeness (QED) is 0.442. The summed E-state index contributed by atoms with van der Waals surface area (Å²) in [5.41, 5.74) is 9.58. The summed E-state index contributed by atoms with van der Waals surface area (Å²) in [6.07, 6.45) is 2.68. The molecule has 0 spiro atoms. The molecule has 2 aliphatic heterocycles. The Labute approximate surface area is 206 Å². The lowest BCUT2D eigenvalue weighted by molar-refractivity contribution is -0.0331. The molecule has 1 saturated heterocycles. The van der Waals surface area contributed by atoms with Crippen LogP contribution in [0.25, 0.3) is 22.3 Å². The first kappa shape index (κ1) is 21.9. The van der Waals surface area contributed by atoms with Crippen molar-refractivity contribution in [3.05, 3.63) is 108 Å². The summed E-state index contributed by atoms with van der Waals surface area (Å²) in [5, 5.41) is 0. The number of fused-ring (bicyclic) bond motifs is 5. The summed E-state index contributed by atoms with van der Waals surface area (Å²) >= 11 is 0. The van der Waals surface area contributed by atoms with Gasteiger partial charge in [0.25, 0.3) is 0 Å². The molecule has 3 aromatic carbocycles. The molecule has 1 aliphatic carbocycles. The standard InChI is InChI=1S/C31H29NO3/c1-20(2)21-11-13-22(14-12-21)23-15-24-17-34-18-25(16-23)32(24)31(33)35-19-30-28-9-5-3-7-26(28)27-8-4-6-10-29(27)30/h3-15,24-25,30H,1,16-19H2,2H3. The fourth-order valence-electron chi connectivity index (χ4n) is 5.73. The third kappa shape index (κ3) is 3.88. The molecular weight excluding hydrogens is 434 g/mol. The van der Waals surface area contributed by atoms with Crippen molar-refractivity contribution in [1.29, 1.82) is 0 Å². The number of rotatable bonds is 4. The van der Waals surface area contributed by atoms with Crippen molar-refractivity contribution in [3.63, 3.8) is 0 Å². The number of allylic oxidation sites excluding steroid dienone is 1. The van der Waals surface area contributed by atoms with Crippen LogP contribution in [0.2, 0.25) is 0 Å². The lowest BCUT2D eigenvalue weighted by Crippen LogP contribution is -2.56. The van der Waals surface area contributed by atoms with E-state index in [9.17, 15) is 4.79 Å². The molecule has 176 valence electrons. The van der Waals surface area contributed by atoms with E-state index < -0.39 is 0 Å². The van der Waals surface area contributed by atoms with Crippen LogP contribution >= 0.6 is 0 Å². The molecule has 2 unspecified atom stereocenters. The number of amides is 1. The first-order valence-corrected chi connectivity index (χ1v) is 12.3. The summed E-state index contributed by atoms with van der Waals surface area (Å²) in [7, 11) is 0. The van der Waals surface area contributed by atoms with Gasteiger partial charge < -0.3 is 9.47 Å². The minimum Gasteiger partial charge on any atom is -0.448 e. The molecule has 4 nitrogen and oxygen atoms in total. The summed E-state index contributed by atoms with van der Waals surface area (Å²) in [4.78, 5) is 15.3. The van der Waals surface area contributed by atoms with Crippen LogP contribution in [0.4, 0.5) is 4.79 Å². The van der Waals surface area contributed by atoms with Gasteiger partial charge in [0.2, 0.25) is 0 Å². The van der Waals surface area contributed by atoms with E-state index in [1.54, 1.807) is 0 Å². The number of nitrogens with zero attached hydrogens (tertiary/aromatic N) is 1. The number of hydrogen-bond donors (Lipinski definition) is 0. The third-order valence-corrected chi connectivity index (χ3v) is 7.49. The Kier molecular flexibility index (Phi) is 5.54. The molecule has 2 bridgehead atoms. The molecule has 1 fully saturated rings. The third-order valence-electron chi connectivity index (χ3n) is 7.49. The fraction of sp³-hybridized carbons (Fsp3) is 0.258. The van der Waals surface area contributed by atoms with Crippen LogP contribution in [0, 0.1) is 0 Å². The molecule has 3 aromatic rings. The Balaban J connectivity index is 1.20. The molecule has 1 amide bonds. The summed E-state index contributed by atoms with van der Waals surface area (Å²) in [5.74, 6) is 0.0603. The molecule has 0 saturated carbocycles. The first-order chi connectivity index (χ1) is 17.1. The van der Waals surface area contributed by atoms with E-state index in [4.69, 9.17) is 9.47 Å². The number of morpholine rings is 1. The maximum Gasteiger partial charge on any atom is 0.410 e. The smallest absolute Gasteiger partial charge is 0.410 e. The van der Waals surface area contributed by atoms with Crippen molar-refractivity contribution in [2.45, 2.75) is 31.3 Å². The van der Waals surface area contributed by atoms with Gasteiger partial charge in [0.15, 0.2) is 0 Å². The van der Waals surface area contributed by atoms with Gasteiger partial charge in [0.1, 0.15) is 6.61 Å². The Morgan fingerprint density at radius 1 is 0.971 bits per heavy atom. The minimum absolute atomic E-state index is 0.0229. The highest BCUT2D eigenvalue weighted by Crippen LogP contribution is 2.44. The van der Waals surface area contributed by atoms with E-state index in [0.717, 1.165) is 17.6 Å². The van der Waals surface area contributed by atoms with Gasteiger partial charge in [-0.05, 0) is 52.3 Å². The van der Waals surface area contributed by atoms with Gasteiger partial charge in [-0.1, -0.05) is 91.0 Å². The molecule has 35 heavy (non-hydrogen) atoms. The fourth-order valence-corrected chi connectivity index (χ4v) is 5.73. The van der Waals surface area contributed by atoms with E-state index in [2.05, 4.69) is 85.5 Å². The number of ether oxygens (including phenoxy) is 2. The van der Waals surface area contributed by atoms with Crippen LogP contribution < -0.4 is 0 Å². The maximum atomic E-state index is 13.4. The number of carbonyl (C=O) groups is 1. The first-order valence-electron chi connectivity index (χ1n) is 12.3. The monoisotopic (exact) mass is 463 g/mol. The highest BCUT2D eigenvalue weighted by molar-refractivity contribution is 5.79. The second kappa shape index (κ2) is 8.86. The van der Waals surface area contributed by atoms with Crippen molar-refractivity contribution >= 4 is 17.2 Å². The molecular formula is C31H29NO3. The molecule has 0 radical (unpaired) electrons. The summed E-state index contributed by atoms with van der Waals surface area (Å²) < 4.78 is 11.8.